The normalized spacial score (nSPS) is 16.8. The highest BCUT2D eigenvalue weighted by Gasteiger charge is 2.30. The summed E-state index contributed by atoms with van der Waals surface area (Å²) in [5.41, 5.74) is 1.37. The number of nitrogens with zero attached hydrogens (tertiary/aromatic N) is 2. The predicted molar refractivity (Wildman–Crippen MR) is 112 cm³/mol. The SMILES string of the molecule is CC1=c2nc(-c3cccc(C(F)(F)F)c3)[nH]/c2=C(C(=O)Nc2cccnc2)/C=C\CC1. The third-order valence-corrected chi connectivity index (χ3v) is 4.98. The van der Waals surface area contributed by atoms with Crippen LogP contribution < -0.4 is 16.0 Å². The zero-order valence-corrected chi connectivity index (χ0v) is 16.6. The second-order valence-electron chi connectivity index (χ2n) is 7.22. The van der Waals surface area contributed by atoms with Gasteiger partial charge in [-0.3, -0.25) is 9.78 Å². The minimum Gasteiger partial charge on any atom is -0.337 e. The molecular weight excluding hydrogens is 405 g/mol. The highest BCUT2D eigenvalue weighted by molar-refractivity contribution is 6.23. The molecule has 0 atom stereocenters. The van der Waals surface area contributed by atoms with Gasteiger partial charge in [-0.15, -0.1) is 0 Å². The second-order valence-corrected chi connectivity index (χ2v) is 7.22. The molecule has 0 saturated heterocycles. The first kappa shape index (κ1) is 20.6. The third-order valence-electron chi connectivity index (χ3n) is 4.98. The molecule has 2 heterocycles. The number of aromatic nitrogens is 3. The van der Waals surface area contributed by atoms with E-state index in [9.17, 15) is 18.0 Å². The van der Waals surface area contributed by atoms with Gasteiger partial charge in [0, 0.05) is 11.8 Å². The lowest BCUT2D eigenvalue weighted by atomic mass is 10.1. The average molecular weight is 424 g/mol. The highest BCUT2D eigenvalue weighted by atomic mass is 19.4. The van der Waals surface area contributed by atoms with Crippen LogP contribution >= 0.6 is 0 Å². The molecule has 1 aliphatic carbocycles. The largest absolute Gasteiger partial charge is 0.416 e. The minimum atomic E-state index is -4.46. The van der Waals surface area contributed by atoms with Crippen LogP contribution in [0, 0.1) is 0 Å². The number of hydrogen-bond acceptors (Lipinski definition) is 3. The molecule has 31 heavy (non-hydrogen) atoms. The van der Waals surface area contributed by atoms with Crippen molar-refractivity contribution in [1.82, 2.24) is 15.0 Å². The Morgan fingerprint density at radius 3 is 2.77 bits per heavy atom. The summed E-state index contributed by atoms with van der Waals surface area (Å²) >= 11 is 0. The number of rotatable bonds is 3. The van der Waals surface area contributed by atoms with Crippen LogP contribution in [0.3, 0.4) is 0 Å². The zero-order chi connectivity index (χ0) is 22.0. The first-order valence-corrected chi connectivity index (χ1v) is 9.68. The van der Waals surface area contributed by atoms with Crippen molar-refractivity contribution in [2.24, 2.45) is 0 Å². The van der Waals surface area contributed by atoms with E-state index < -0.39 is 11.7 Å². The Balaban J connectivity index is 1.87. The van der Waals surface area contributed by atoms with Crippen LogP contribution in [-0.4, -0.2) is 20.9 Å². The topological polar surface area (TPSA) is 70.7 Å². The van der Waals surface area contributed by atoms with Crippen LogP contribution in [0.5, 0.6) is 0 Å². The Morgan fingerprint density at radius 1 is 1.19 bits per heavy atom. The molecular formula is C23H19F3N4O. The van der Waals surface area contributed by atoms with E-state index >= 15 is 0 Å². The molecule has 0 radical (unpaired) electrons. The predicted octanol–water partition coefficient (Wildman–Crippen LogP) is 3.80. The van der Waals surface area contributed by atoms with Crippen molar-refractivity contribution in [3.8, 4) is 11.4 Å². The molecule has 2 aromatic heterocycles. The van der Waals surface area contributed by atoms with Crippen LogP contribution in [0.4, 0.5) is 18.9 Å². The number of aromatic amines is 1. The molecule has 1 aliphatic rings. The summed E-state index contributed by atoms with van der Waals surface area (Å²) in [6.45, 7) is 1.91. The molecule has 2 N–H and O–H groups in total. The highest BCUT2D eigenvalue weighted by Crippen LogP contribution is 2.31. The zero-order valence-electron chi connectivity index (χ0n) is 16.6. The van der Waals surface area contributed by atoms with Crippen LogP contribution in [-0.2, 0) is 11.0 Å². The molecule has 1 aromatic carbocycles. The van der Waals surface area contributed by atoms with Gasteiger partial charge in [0.25, 0.3) is 5.91 Å². The van der Waals surface area contributed by atoms with Crippen LogP contribution in [0.1, 0.15) is 25.3 Å². The van der Waals surface area contributed by atoms with Crippen LogP contribution in [0.15, 0.2) is 60.9 Å². The number of imidazole rings is 1. The summed E-state index contributed by atoms with van der Waals surface area (Å²) in [6.07, 6.45) is 3.74. The number of H-pyrrole nitrogens is 1. The van der Waals surface area contributed by atoms with Gasteiger partial charge in [0.1, 0.15) is 5.82 Å². The Morgan fingerprint density at radius 2 is 2.03 bits per heavy atom. The van der Waals surface area contributed by atoms with E-state index in [0.29, 0.717) is 27.5 Å². The van der Waals surface area contributed by atoms with E-state index in [2.05, 4.69) is 20.3 Å². The number of carbonyl (C=O) groups is 1. The Bertz CT molecular complexity index is 1270. The molecule has 3 aromatic rings. The summed E-state index contributed by atoms with van der Waals surface area (Å²) in [5, 5.41) is 3.85. The number of pyridine rings is 1. The number of nitrogens with one attached hydrogen (secondary N) is 2. The minimum absolute atomic E-state index is 0.275. The molecule has 0 bridgehead atoms. The number of allylic oxidation sites excluding steroid dienone is 1. The summed E-state index contributed by atoms with van der Waals surface area (Å²) in [6, 6.07) is 8.39. The molecule has 158 valence electrons. The second kappa shape index (κ2) is 8.22. The van der Waals surface area contributed by atoms with E-state index in [4.69, 9.17) is 0 Å². The van der Waals surface area contributed by atoms with E-state index in [1.54, 1.807) is 30.5 Å². The van der Waals surface area contributed by atoms with Crippen molar-refractivity contribution >= 4 is 22.7 Å². The number of alkyl halides is 3. The fourth-order valence-electron chi connectivity index (χ4n) is 3.38. The van der Waals surface area contributed by atoms with Gasteiger partial charge in [0.05, 0.1) is 33.7 Å². The van der Waals surface area contributed by atoms with E-state index in [1.807, 2.05) is 13.0 Å². The first-order chi connectivity index (χ1) is 14.8. The lowest BCUT2D eigenvalue weighted by molar-refractivity contribution is -0.137. The van der Waals surface area contributed by atoms with Crippen molar-refractivity contribution < 1.29 is 18.0 Å². The van der Waals surface area contributed by atoms with Crippen molar-refractivity contribution in [1.29, 1.82) is 0 Å². The maximum absolute atomic E-state index is 13.1. The van der Waals surface area contributed by atoms with Crippen molar-refractivity contribution in [3.63, 3.8) is 0 Å². The fraction of sp³-hybridized carbons (Fsp3) is 0.174. The quantitative estimate of drug-likeness (QED) is 0.672. The first-order valence-electron chi connectivity index (χ1n) is 9.68. The monoisotopic (exact) mass is 424 g/mol. The van der Waals surface area contributed by atoms with Gasteiger partial charge in [0.2, 0.25) is 0 Å². The maximum atomic E-state index is 13.1. The summed E-state index contributed by atoms with van der Waals surface area (Å²) in [5.74, 6) is -0.0862. The summed E-state index contributed by atoms with van der Waals surface area (Å²) in [4.78, 5) is 24.6. The lowest BCUT2D eigenvalue weighted by Gasteiger charge is -2.07. The number of benzene rings is 1. The standard InChI is InChI=1S/C23H19F3N4O/c1-14-6-2-3-10-18(22(31)28-17-9-5-11-27-13-17)20-19(14)29-21(30-20)15-7-4-8-16(12-15)23(24,25)26/h3-5,7-13H,2,6H2,1H3,(H,28,31)(H,29,30)/b10-3-,19-14?,20-18-. The fourth-order valence-corrected chi connectivity index (χ4v) is 3.38. The van der Waals surface area contributed by atoms with Gasteiger partial charge in [-0.1, -0.05) is 24.3 Å². The van der Waals surface area contributed by atoms with Crippen LogP contribution in [0.25, 0.3) is 22.5 Å². The van der Waals surface area contributed by atoms with E-state index in [0.717, 1.165) is 30.5 Å². The van der Waals surface area contributed by atoms with E-state index in [1.165, 1.54) is 12.3 Å². The lowest BCUT2D eigenvalue weighted by Crippen LogP contribution is -2.33. The molecule has 0 unspecified atom stereocenters. The molecule has 8 heteroatoms. The van der Waals surface area contributed by atoms with Gasteiger partial charge in [-0.25, -0.2) is 4.98 Å². The Kier molecular flexibility index (Phi) is 5.46. The number of amides is 1. The summed E-state index contributed by atoms with van der Waals surface area (Å²) in [7, 11) is 0. The van der Waals surface area contributed by atoms with Gasteiger partial charge >= 0.3 is 6.18 Å². The molecule has 5 nitrogen and oxygen atoms in total. The number of hydrogen-bond donors (Lipinski definition) is 2. The molecule has 0 spiro atoms. The Labute approximate surface area is 176 Å². The van der Waals surface area contributed by atoms with Crippen molar-refractivity contribution in [2.75, 3.05) is 5.32 Å². The molecule has 0 aliphatic heterocycles. The molecule has 0 saturated carbocycles. The molecule has 4 rings (SSSR count). The van der Waals surface area contributed by atoms with Crippen LogP contribution in [0.2, 0.25) is 0 Å². The number of halogens is 3. The van der Waals surface area contributed by atoms with Gasteiger partial charge in [0.15, 0.2) is 0 Å². The average Bonchev–Trinajstić information content (AvgIpc) is 3.17. The van der Waals surface area contributed by atoms with Crippen molar-refractivity contribution in [2.45, 2.75) is 25.9 Å². The molecule has 0 fully saturated rings. The van der Waals surface area contributed by atoms with Gasteiger partial charge < -0.3 is 10.3 Å². The maximum Gasteiger partial charge on any atom is 0.416 e. The third kappa shape index (κ3) is 4.42. The Hall–Kier alpha value is -3.68. The smallest absolute Gasteiger partial charge is 0.337 e. The molecule has 1 amide bonds. The van der Waals surface area contributed by atoms with Crippen molar-refractivity contribution in [3.05, 3.63) is 77.2 Å². The number of anilines is 1. The van der Waals surface area contributed by atoms with Gasteiger partial charge in [-0.2, -0.15) is 13.2 Å². The van der Waals surface area contributed by atoms with Gasteiger partial charge in [-0.05, 0) is 49.6 Å². The van der Waals surface area contributed by atoms with E-state index in [-0.39, 0.29) is 11.7 Å². The number of carbonyl (C=O) groups excluding carboxylic acids is 1. The number of fused-ring (bicyclic) bond motifs is 1. The summed E-state index contributed by atoms with van der Waals surface area (Å²) < 4.78 is 39.4.